The molecule has 31 heavy (non-hydrogen) atoms. The zero-order valence-electron chi connectivity index (χ0n) is 18.7. The Labute approximate surface area is 185 Å². The highest BCUT2D eigenvalue weighted by Crippen LogP contribution is 2.20. The number of ether oxygens (including phenoxy) is 1. The first-order chi connectivity index (χ1) is 15.1. The Bertz CT molecular complexity index is 829. The largest absolute Gasteiger partial charge is 0.484 e. The van der Waals surface area contributed by atoms with Gasteiger partial charge in [0.15, 0.2) is 6.61 Å². The van der Waals surface area contributed by atoms with Crippen molar-refractivity contribution < 1.29 is 14.3 Å². The SMILES string of the molecule is CCc1ccc(OCC(=O)N(Cc2ccccc2)[C@H](CC)C(=O)NC2CCCC2)cc1. The third-order valence-corrected chi connectivity index (χ3v) is 5.98. The number of aryl methyl sites for hydroxylation is 1. The summed E-state index contributed by atoms with van der Waals surface area (Å²) < 4.78 is 5.77. The van der Waals surface area contributed by atoms with Gasteiger partial charge in [0, 0.05) is 12.6 Å². The summed E-state index contributed by atoms with van der Waals surface area (Å²) in [6.45, 7) is 4.34. The molecule has 0 bridgehead atoms. The predicted molar refractivity (Wildman–Crippen MR) is 123 cm³/mol. The van der Waals surface area contributed by atoms with Crippen LogP contribution in [-0.2, 0) is 22.6 Å². The molecule has 0 aromatic heterocycles. The highest BCUT2D eigenvalue weighted by molar-refractivity contribution is 5.88. The lowest BCUT2D eigenvalue weighted by Crippen LogP contribution is -2.52. The Hall–Kier alpha value is -2.82. The van der Waals surface area contributed by atoms with Crippen LogP contribution in [0.15, 0.2) is 54.6 Å². The Morgan fingerprint density at radius 2 is 1.68 bits per heavy atom. The van der Waals surface area contributed by atoms with Gasteiger partial charge in [0.05, 0.1) is 0 Å². The average Bonchev–Trinajstić information content (AvgIpc) is 3.31. The van der Waals surface area contributed by atoms with Gasteiger partial charge < -0.3 is 15.0 Å². The maximum Gasteiger partial charge on any atom is 0.261 e. The van der Waals surface area contributed by atoms with Crippen LogP contribution in [0.4, 0.5) is 0 Å². The molecular formula is C26H34N2O3. The second-order valence-electron chi connectivity index (χ2n) is 8.21. The third-order valence-electron chi connectivity index (χ3n) is 5.98. The van der Waals surface area contributed by atoms with E-state index in [4.69, 9.17) is 4.74 Å². The standard InChI is InChI=1S/C26H34N2O3/c1-3-20-14-16-23(17-15-20)31-19-25(29)28(18-21-10-6-5-7-11-21)24(4-2)26(30)27-22-12-8-9-13-22/h5-7,10-11,14-17,22,24H,3-4,8-9,12-13,18-19H2,1-2H3,(H,27,30)/t24-/m1/s1. The van der Waals surface area contributed by atoms with Crippen molar-refractivity contribution in [3.8, 4) is 5.75 Å². The van der Waals surface area contributed by atoms with E-state index in [0.717, 1.165) is 37.7 Å². The molecule has 1 saturated carbocycles. The van der Waals surface area contributed by atoms with Crippen LogP contribution in [0.2, 0.25) is 0 Å². The maximum absolute atomic E-state index is 13.2. The van der Waals surface area contributed by atoms with Crippen molar-refractivity contribution in [3.63, 3.8) is 0 Å². The molecule has 3 rings (SSSR count). The van der Waals surface area contributed by atoms with Gasteiger partial charge in [0.25, 0.3) is 5.91 Å². The van der Waals surface area contributed by atoms with Gasteiger partial charge in [0.2, 0.25) is 5.91 Å². The van der Waals surface area contributed by atoms with Crippen LogP contribution in [0.25, 0.3) is 0 Å². The number of amides is 2. The molecule has 1 aliphatic rings. The number of hydrogen-bond acceptors (Lipinski definition) is 3. The lowest BCUT2D eigenvalue weighted by atomic mass is 10.1. The Morgan fingerprint density at radius 1 is 1.00 bits per heavy atom. The van der Waals surface area contributed by atoms with Gasteiger partial charge in [-0.1, -0.05) is 69.2 Å². The number of carbonyl (C=O) groups excluding carboxylic acids is 2. The molecule has 2 amide bonds. The second kappa shape index (κ2) is 11.5. The van der Waals surface area contributed by atoms with Gasteiger partial charge in [-0.2, -0.15) is 0 Å². The molecule has 0 radical (unpaired) electrons. The molecule has 1 atom stereocenters. The molecule has 5 nitrogen and oxygen atoms in total. The first kappa shape index (κ1) is 22.9. The van der Waals surface area contributed by atoms with E-state index >= 15 is 0 Å². The zero-order valence-corrected chi connectivity index (χ0v) is 18.7. The van der Waals surface area contributed by atoms with Crippen LogP contribution < -0.4 is 10.1 Å². The molecule has 0 spiro atoms. The number of carbonyl (C=O) groups is 2. The van der Waals surface area contributed by atoms with Gasteiger partial charge in [-0.3, -0.25) is 9.59 Å². The summed E-state index contributed by atoms with van der Waals surface area (Å²) in [6.07, 6.45) is 5.86. The zero-order chi connectivity index (χ0) is 22.1. The minimum Gasteiger partial charge on any atom is -0.484 e. The predicted octanol–water partition coefficient (Wildman–Crippen LogP) is 4.49. The van der Waals surface area contributed by atoms with Crippen molar-refractivity contribution >= 4 is 11.8 Å². The van der Waals surface area contributed by atoms with Gasteiger partial charge in [-0.25, -0.2) is 0 Å². The first-order valence-electron chi connectivity index (χ1n) is 11.5. The fraction of sp³-hybridized carbons (Fsp3) is 0.462. The summed E-state index contributed by atoms with van der Waals surface area (Å²) in [6, 6.07) is 17.3. The minimum atomic E-state index is -0.514. The monoisotopic (exact) mass is 422 g/mol. The van der Waals surface area contributed by atoms with E-state index in [1.54, 1.807) is 4.90 Å². The lowest BCUT2D eigenvalue weighted by Gasteiger charge is -2.31. The summed E-state index contributed by atoms with van der Waals surface area (Å²) >= 11 is 0. The van der Waals surface area contributed by atoms with Crippen LogP contribution in [-0.4, -0.2) is 35.4 Å². The van der Waals surface area contributed by atoms with Crippen molar-refractivity contribution in [1.82, 2.24) is 10.2 Å². The summed E-state index contributed by atoms with van der Waals surface area (Å²) in [5, 5.41) is 3.16. The average molecular weight is 423 g/mol. The van der Waals surface area contributed by atoms with Crippen molar-refractivity contribution in [2.24, 2.45) is 0 Å². The molecule has 0 heterocycles. The molecule has 2 aromatic carbocycles. The lowest BCUT2D eigenvalue weighted by molar-refractivity contribution is -0.143. The van der Waals surface area contributed by atoms with Gasteiger partial charge in [0.1, 0.15) is 11.8 Å². The van der Waals surface area contributed by atoms with E-state index in [1.165, 1.54) is 5.56 Å². The summed E-state index contributed by atoms with van der Waals surface area (Å²) in [5.74, 6) is 0.413. The Balaban J connectivity index is 1.71. The van der Waals surface area contributed by atoms with Crippen LogP contribution in [0.5, 0.6) is 5.75 Å². The molecule has 0 aliphatic heterocycles. The van der Waals surface area contributed by atoms with Crippen LogP contribution in [0.1, 0.15) is 57.1 Å². The van der Waals surface area contributed by atoms with Crippen LogP contribution in [0.3, 0.4) is 0 Å². The van der Waals surface area contributed by atoms with E-state index in [9.17, 15) is 9.59 Å². The van der Waals surface area contributed by atoms with Crippen LogP contribution in [0, 0.1) is 0 Å². The number of hydrogen-bond donors (Lipinski definition) is 1. The first-order valence-corrected chi connectivity index (χ1v) is 11.5. The molecular weight excluding hydrogens is 388 g/mol. The van der Waals surface area contributed by atoms with E-state index in [0.29, 0.717) is 18.7 Å². The number of nitrogens with one attached hydrogen (secondary N) is 1. The van der Waals surface area contributed by atoms with Crippen molar-refractivity contribution in [2.75, 3.05) is 6.61 Å². The minimum absolute atomic E-state index is 0.0639. The van der Waals surface area contributed by atoms with Gasteiger partial charge >= 0.3 is 0 Å². The smallest absolute Gasteiger partial charge is 0.261 e. The van der Waals surface area contributed by atoms with E-state index in [2.05, 4.69) is 12.2 Å². The molecule has 2 aromatic rings. The number of rotatable bonds is 10. The molecule has 1 N–H and O–H groups in total. The molecule has 1 fully saturated rings. The summed E-state index contributed by atoms with van der Waals surface area (Å²) in [7, 11) is 0. The van der Waals surface area contributed by atoms with Crippen LogP contribution >= 0.6 is 0 Å². The second-order valence-corrected chi connectivity index (χ2v) is 8.21. The fourth-order valence-corrected chi connectivity index (χ4v) is 4.12. The third kappa shape index (κ3) is 6.58. The fourth-order valence-electron chi connectivity index (χ4n) is 4.12. The molecule has 1 aliphatic carbocycles. The van der Waals surface area contributed by atoms with E-state index in [1.807, 2.05) is 61.5 Å². The Kier molecular flexibility index (Phi) is 8.51. The molecule has 0 unspecified atom stereocenters. The van der Waals surface area contributed by atoms with Crippen molar-refractivity contribution in [3.05, 3.63) is 65.7 Å². The maximum atomic E-state index is 13.2. The van der Waals surface area contributed by atoms with E-state index in [-0.39, 0.29) is 24.5 Å². The highest BCUT2D eigenvalue weighted by atomic mass is 16.5. The molecule has 5 heteroatoms. The van der Waals surface area contributed by atoms with Gasteiger partial charge in [-0.05, 0) is 48.9 Å². The Morgan fingerprint density at radius 3 is 2.29 bits per heavy atom. The molecule has 0 saturated heterocycles. The quantitative estimate of drug-likeness (QED) is 0.614. The number of benzene rings is 2. The van der Waals surface area contributed by atoms with Gasteiger partial charge in [-0.15, -0.1) is 0 Å². The summed E-state index contributed by atoms with van der Waals surface area (Å²) in [5.41, 5.74) is 2.22. The number of nitrogens with zero attached hydrogens (tertiary/aromatic N) is 1. The summed E-state index contributed by atoms with van der Waals surface area (Å²) in [4.78, 5) is 27.9. The van der Waals surface area contributed by atoms with E-state index < -0.39 is 6.04 Å². The molecule has 166 valence electrons. The highest BCUT2D eigenvalue weighted by Gasteiger charge is 2.30. The van der Waals surface area contributed by atoms with Crippen molar-refractivity contribution in [1.29, 1.82) is 0 Å². The topological polar surface area (TPSA) is 58.6 Å². The van der Waals surface area contributed by atoms with Crippen molar-refractivity contribution in [2.45, 2.75) is 71.0 Å². The normalized spacial score (nSPS) is 14.8.